The van der Waals surface area contributed by atoms with Crippen LogP contribution >= 0.6 is 45.2 Å². The Morgan fingerprint density at radius 2 is 1.73 bits per heavy atom. The van der Waals surface area contributed by atoms with E-state index in [1.807, 2.05) is 6.20 Å². The standard InChI is InChI=1S/C12H13I2N/c13-10-7-15-11(14)9-6-12(5-8(9)10)3-1-2-4-12/h7H,1-6H2. The molecule has 0 N–H and O–H groups in total. The first-order valence-electron chi connectivity index (χ1n) is 5.52. The van der Waals surface area contributed by atoms with Crippen LogP contribution in [0.15, 0.2) is 6.20 Å². The van der Waals surface area contributed by atoms with Gasteiger partial charge in [0.15, 0.2) is 0 Å². The lowest BCUT2D eigenvalue weighted by atomic mass is 9.83. The predicted molar refractivity (Wildman–Crippen MR) is 78.0 cm³/mol. The summed E-state index contributed by atoms with van der Waals surface area (Å²) >= 11 is 4.84. The van der Waals surface area contributed by atoms with Gasteiger partial charge in [0.05, 0.1) is 0 Å². The third-order valence-corrected chi connectivity index (χ3v) is 5.82. The molecule has 80 valence electrons. The minimum Gasteiger partial charge on any atom is -0.249 e. The highest BCUT2D eigenvalue weighted by atomic mass is 127. The van der Waals surface area contributed by atoms with Crippen molar-refractivity contribution in [2.24, 2.45) is 5.41 Å². The molecule has 0 amide bonds. The van der Waals surface area contributed by atoms with Gasteiger partial charge in [0, 0.05) is 9.77 Å². The highest BCUT2D eigenvalue weighted by molar-refractivity contribution is 14.1. The van der Waals surface area contributed by atoms with E-state index in [0.29, 0.717) is 5.41 Å². The van der Waals surface area contributed by atoms with Gasteiger partial charge in [-0.05, 0) is 87.4 Å². The van der Waals surface area contributed by atoms with Gasteiger partial charge in [-0.2, -0.15) is 0 Å². The zero-order chi connectivity index (χ0) is 10.5. The normalized spacial score (nSPS) is 22.3. The molecule has 1 spiro atoms. The van der Waals surface area contributed by atoms with Crippen molar-refractivity contribution in [1.29, 1.82) is 0 Å². The van der Waals surface area contributed by atoms with E-state index in [9.17, 15) is 0 Å². The van der Waals surface area contributed by atoms with Crippen molar-refractivity contribution in [3.8, 4) is 0 Å². The molecule has 15 heavy (non-hydrogen) atoms. The lowest BCUT2D eigenvalue weighted by molar-refractivity contribution is 0.317. The number of pyridine rings is 1. The van der Waals surface area contributed by atoms with E-state index >= 15 is 0 Å². The SMILES string of the molecule is Ic1cnc(I)c2c1CC1(CCCC1)C2. The summed E-state index contributed by atoms with van der Waals surface area (Å²) in [5.74, 6) is 0. The van der Waals surface area contributed by atoms with Crippen LogP contribution in [-0.4, -0.2) is 4.98 Å². The van der Waals surface area contributed by atoms with Gasteiger partial charge in [0.2, 0.25) is 0 Å². The Balaban J connectivity index is 2.05. The molecule has 1 heterocycles. The third-order valence-electron chi connectivity index (χ3n) is 3.96. The molecule has 1 fully saturated rings. The average Bonchev–Trinajstić information content (AvgIpc) is 2.82. The number of hydrogen-bond acceptors (Lipinski definition) is 1. The zero-order valence-corrected chi connectivity index (χ0v) is 12.8. The third kappa shape index (κ3) is 1.73. The highest BCUT2D eigenvalue weighted by Crippen LogP contribution is 2.50. The minimum atomic E-state index is 0.630. The van der Waals surface area contributed by atoms with Gasteiger partial charge >= 0.3 is 0 Å². The van der Waals surface area contributed by atoms with Crippen LogP contribution in [0.25, 0.3) is 0 Å². The van der Waals surface area contributed by atoms with E-state index in [1.54, 1.807) is 11.1 Å². The number of fused-ring (bicyclic) bond motifs is 1. The van der Waals surface area contributed by atoms with Gasteiger partial charge in [-0.15, -0.1) is 0 Å². The summed E-state index contributed by atoms with van der Waals surface area (Å²) < 4.78 is 2.62. The fourth-order valence-corrected chi connectivity index (χ4v) is 4.51. The summed E-state index contributed by atoms with van der Waals surface area (Å²) in [4.78, 5) is 4.48. The molecule has 0 bridgehead atoms. The smallest absolute Gasteiger partial charge is 0.104 e. The van der Waals surface area contributed by atoms with Gasteiger partial charge in [0.25, 0.3) is 0 Å². The molecular weight excluding hydrogens is 412 g/mol. The van der Waals surface area contributed by atoms with Crippen molar-refractivity contribution in [2.45, 2.75) is 38.5 Å². The van der Waals surface area contributed by atoms with Crippen LogP contribution in [0.3, 0.4) is 0 Å². The van der Waals surface area contributed by atoms with E-state index in [-0.39, 0.29) is 0 Å². The van der Waals surface area contributed by atoms with E-state index in [1.165, 1.54) is 45.8 Å². The lowest BCUT2D eigenvalue weighted by Gasteiger charge is -2.21. The molecule has 1 aromatic rings. The fraction of sp³-hybridized carbons (Fsp3) is 0.583. The Hall–Kier alpha value is 0.610. The monoisotopic (exact) mass is 425 g/mol. The highest BCUT2D eigenvalue weighted by Gasteiger charge is 2.41. The van der Waals surface area contributed by atoms with Crippen molar-refractivity contribution in [1.82, 2.24) is 4.98 Å². The quantitative estimate of drug-likeness (QED) is 0.454. The zero-order valence-electron chi connectivity index (χ0n) is 8.52. The molecule has 2 aliphatic carbocycles. The Labute approximate surface area is 118 Å². The number of halogens is 2. The second-order valence-electron chi connectivity index (χ2n) is 4.91. The maximum Gasteiger partial charge on any atom is 0.104 e. The summed E-state index contributed by atoms with van der Waals surface area (Å²) in [5, 5.41) is 0. The summed E-state index contributed by atoms with van der Waals surface area (Å²) in [6.45, 7) is 0. The van der Waals surface area contributed by atoms with E-state index < -0.39 is 0 Å². The molecule has 1 saturated carbocycles. The van der Waals surface area contributed by atoms with Crippen LogP contribution in [-0.2, 0) is 12.8 Å². The first kappa shape index (κ1) is 10.7. The number of rotatable bonds is 0. The molecule has 0 radical (unpaired) electrons. The first-order chi connectivity index (χ1) is 7.20. The van der Waals surface area contributed by atoms with Gasteiger partial charge in [-0.3, -0.25) is 0 Å². The molecular formula is C12H13I2N. The van der Waals surface area contributed by atoms with Crippen LogP contribution < -0.4 is 0 Å². The van der Waals surface area contributed by atoms with Gasteiger partial charge in [-0.1, -0.05) is 12.8 Å². The van der Waals surface area contributed by atoms with Crippen molar-refractivity contribution >= 4 is 45.2 Å². The van der Waals surface area contributed by atoms with Crippen molar-refractivity contribution in [2.75, 3.05) is 0 Å². The van der Waals surface area contributed by atoms with Gasteiger partial charge in [0.1, 0.15) is 3.70 Å². The van der Waals surface area contributed by atoms with Crippen LogP contribution in [0, 0.1) is 12.7 Å². The molecule has 0 saturated heterocycles. The van der Waals surface area contributed by atoms with Gasteiger partial charge < -0.3 is 0 Å². The van der Waals surface area contributed by atoms with Crippen LogP contribution in [0.4, 0.5) is 0 Å². The second kappa shape index (κ2) is 3.82. The Morgan fingerprint density at radius 1 is 1.07 bits per heavy atom. The molecule has 0 aromatic carbocycles. The molecule has 0 unspecified atom stereocenters. The molecule has 3 rings (SSSR count). The summed E-state index contributed by atoms with van der Waals surface area (Å²) in [6.07, 6.45) is 10.4. The topological polar surface area (TPSA) is 12.9 Å². The summed E-state index contributed by atoms with van der Waals surface area (Å²) in [6, 6.07) is 0. The van der Waals surface area contributed by atoms with E-state index in [0.717, 1.165) is 0 Å². The minimum absolute atomic E-state index is 0.630. The molecule has 2 aliphatic rings. The van der Waals surface area contributed by atoms with Crippen LogP contribution in [0.1, 0.15) is 36.8 Å². The Kier molecular flexibility index (Phi) is 2.74. The van der Waals surface area contributed by atoms with Gasteiger partial charge in [-0.25, -0.2) is 4.98 Å². The molecule has 1 nitrogen and oxygen atoms in total. The van der Waals surface area contributed by atoms with Crippen molar-refractivity contribution < 1.29 is 0 Å². The average molecular weight is 425 g/mol. The van der Waals surface area contributed by atoms with Crippen LogP contribution in [0.5, 0.6) is 0 Å². The number of aromatic nitrogens is 1. The Bertz CT molecular complexity index is 375. The second-order valence-corrected chi connectivity index (χ2v) is 7.10. The van der Waals surface area contributed by atoms with Crippen molar-refractivity contribution in [3.63, 3.8) is 0 Å². The fourth-order valence-electron chi connectivity index (χ4n) is 3.20. The summed E-state index contributed by atoms with van der Waals surface area (Å²) in [7, 11) is 0. The maximum absolute atomic E-state index is 4.48. The van der Waals surface area contributed by atoms with Crippen molar-refractivity contribution in [3.05, 3.63) is 24.6 Å². The molecule has 0 aliphatic heterocycles. The predicted octanol–water partition coefficient (Wildman–Crippen LogP) is 3.95. The molecule has 1 aromatic heterocycles. The largest absolute Gasteiger partial charge is 0.249 e. The van der Waals surface area contributed by atoms with E-state index in [2.05, 4.69) is 50.2 Å². The number of hydrogen-bond donors (Lipinski definition) is 0. The van der Waals surface area contributed by atoms with Crippen LogP contribution in [0.2, 0.25) is 0 Å². The number of nitrogens with zero attached hydrogens (tertiary/aromatic N) is 1. The van der Waals surface area contributed by atoms with E-state index in [4.69, 9.17) is 0 Å². The summed E-state index contributed by atoms with van der Waals surface area (Å²) in [5.41, 5.74) is 3.80. The first-order valence-corrected chi connectivity index (χ1v) is 7.68. The maximum atomic E-state index is 4.48. The Morgan fingerprint density at radius 3 is 2.40 bits per heavy atom. The lowest BCUT2D eigenvalue weighted by Crippen LogP contribution is -2.15. The molecule has 3 heteroatoms. The molecule has 0 atom stereocenters.